The second kappa shape index (κ2) is 9.19. The lowest BCUT2D eigenvalue weighted by Crippen LogP contribution is -2.47. The topological polar surface area (TPSA) is 85.9 Å². The molecule has 0 radical (unpaired) electrons. The highest BCUT2D eigenvalue weighted by atomic mass is 35.5. The van der Waals surface area contributed by atoms with Crippen LogP contribution in [0, 0.1) is 5.92 Å². The number of halogens is 1. The number of esters is 1. The maximum Gasteiger partial charge on any atom is 0.338 e. The minimum absolute atomic E-state index is 0.0941. The van der Waals surface area contributed by atoms with E-state index in [0.717, 1.165) is 0 Å². The number of carbonyl (C=O) groups is 2. The normalized spacial score (nSPS) is 16.8. The van der Waals surface area contributed by atoms with Gasteiger partial charge in [0.2, 0.25) is 0 Å². The number of rotatable bonds is 7. The number of ether oxygens (including phenoxy) is 3. The molecule has 1 aliphatic rings. The Bertz CT molecular complexity index is 789. The van der Waals surface area contributed by atoms with Gasteiger partial charge in [-0.25, -0.2) is 9.59 Å². The van der Waals surface area contributed by atoms with Crippen molar-refractivity contribution in [1.29, 1.82) is 0 Å². The van der Waals surface area contributed by atoms with Gasteiger partial charge in [-0.3, -0.25) is 0 Å². The molecule has 0 fully saturated rings. The van der Waals surface area contributed by atoms with E-state index in [-0.39, 0.29) is 12.0 Å². The molecule has 154 valence electrons. The van der Waals surface area contributed by atoms with Crippen LogP contribution in [0.1, 0.15) is 46.2 Å². The van der Waals surface area contributed by atoms with Crippen molar-refractivity contribution in [2.75, 3.05) is 13.7 Å². The fourth-order valence-corrected chi connectivity index (χ4v) is 3.31. The maximum absolute atomic E-state index is 12.9. The maximum atomic E-state index is 12.9. The molecule has 0 bridgehead atoms. The Labute approximate surface area is 170 Å². The van der Waals surface area contributed by atoms with E-state index < -0.39 is 18.0 Å². The first-order chi connectivity index (χ1) is 13.2. The summed E-state index contributed by atoms with van der Waals surface area (Å²) in [6.07, 6.45) is -0.301. The zero-order chi connectivity index (χ0) is 21.0. The van der Waals surface area contributed by atoms with Crippen molar-refractivity contribution in [3.63, 3.8) is 0 Å². The molecule has 2 rings (SSSR count). The molecule has 1 heterocycles. The highest BCUT2D eigenvalue weighted by Gasteiger charge is 2.36. The summed E-state index contributed by atoms with van der Waals surface area (Å²) < 4.78 is 16.4. The predicted octanol–water partition coefficient (Wildman–Crippen LogP) is 3.96. The summed E-state index contributed by atoms with van der Waals surface area (Å²) in [4.78, 5) is 25.1. The minimum Gasteiger partial charge on any atom is -0.491 e. The highest BCUT2D eigenvalue weighted by Crippen LogP contribution is 2.40. The summed E-state index contributed by atoms with van der Waals surface area (Å²) in [7, 11) is 1.50. The Morgan fingerprint density at radius 3 is 2.46 bits per heavy atom. The van der Waals surface area contributed by atoms with Crippen molar-refractivity contribution in [2.45, 2.75) is 46.8 Å². The van der Waals surface area contributed by atoms with Crippen molar-refractivity contribution in [3.8, 4) is 11.5 Å². The van der Waals surface area contributed by atoms with Crippen LogP contribution < -0.4 is 20.1 Å². The Hall–Kier alpha value is -2.41. The zero-order valence-electron chi connectivity index (χ0n) is 17.0. The molecule has 1 aromatic carbocycles. The first kappa shape index (κ1) is 21.9. The van der Waals surface area contributed by atoms with Gasteiger partial charge in [-0.2, -0.15) is 0 Å². The molecule has 8 heteroatoms. The molecule has 0 saturated carbocycles. The molecule has 1 unspecified atom stereocenters. The molecule has 2 amide bonds. The summed E-state index contributed by atoms with van der Waals surface area (Å²) in [6, 6.07) is 2.23. The molecule has 0 aromatic heterocycles. The van der Waals surface area contributed by atoms with Crippen molar-refractivity contribution in [3.05, 3.63) is 34.0 Å². The van der Waals surface area contributed by atoms with Crippen molar-refractivity contribution in [1.82, 2.24) is 10.6 Å². The van der Waals surface area contributed by atoms with Gasteiger partial charge in [0.15, 0.2) is 11.5 Å². The molecule has 2 N–H and O–H groups in total. The third-order valence-corrected chi connectivity index (χ3v) is 4.39. The van der Waals surface area contributed by atoms with E-state index in [1.807, 2.05) is 20.8 Å². The van der Waals surface area contributed by atoms with Gasteiger partial charge < -0.3 is 24.8 Å². The van der Waals surface area contributed by atoms with Crippen LogP contribution in [0.3, 0.4) is 0 Å². The Morgan fingerprint density at radius 1 is 1.25 bits per heavy atom. The van der Waals surface area contributed by atoms with Crippen molar-refractivity contribution < 1.29 is 23.8 Å². The largest absolute Gasteiger partial charge is 0.491 e. The Balaban J connectivity index is 2.64. The lowest BCUT2D eigenvalue weighted by atomic mass is 9.91. The van der Waals surface area contributed by atoms with Gasteiger partial charge in [0, 0.05) is 5.70 Å². The molecule has 0 saturated heterocycles. The molecular weight excluding hydrogens is 384 g/mol. The van der Waals surface area contributed by atoms with Gasteiger partial charge >= 0.3 is 12.0 Å². The number of nitrogens with one attached hydrogen (secondary N) is 2. The van der Waals surface area contributed by atoms with Gasteiger partial charge in [-0.1, -0.05) is 25.4 Å². The molecule has 0 spiro atoms. The number of hydrogen-bond acceptors (Lipinski definition) is 5. The molecular formula is C20H27ClN2O5. The Kier molecular flexibility index (Phi) is 7.18. The van der Waals surface area contributed by atoms with Crippen molar-refractivity contribution >= 4 is 23.6 Å². The van der Waals surface area contributed by atoms with E-state index in [2.05, 4.69) is 10.6 Å². The Morgan fingerprint density at radius 2 is 1.93 bits per heavy atom. The van der Waals surface area contributed by atoms with Crippen LogP contribution in [-0.2, 0) is 9.53 Å². The molecule has 0 aliphatic carbocycles. The van der Waals surface area contributed by atoms with Crippen LogP contribution in [0.5, 0.6) is 11.5 Å². The van der Waals surface area contributed by atoms with E-state index in [1.54, 1.807) is 26.0 Å². The van der Waals surface area contributed by atoms with Gasteiger partial charge in [0.25, 0.3) is 0 Å². The van der Waals surface area contributed by atoms with E-state index in [1.165, 1.54) is 7.11 Å². The molecule has 28 heavy (non-hydrogen) atoms. The second-order valence-electron chi connectivity index (χ2n) is 6.93. The number of allylic oxidation sites excluding steroid dienone is 1. The SMILES string of the molecule is CCOc1cc(C2NC(=O)NC(C(C)C)=C2C(=O)OC(C)C)cc(Cl)c1OC. The third kappa shape index (κ3) is 4.70. The first-order valence-electron chi connectivity index (χ1n) is 9.22. The summed E-state index contributed by atoms with van der Waals surface area (Å²) in [5.74, 6) is 0.235. The number of amides is 2. The smallest absolute Gasteiger partial charge is 0.338 e. The van der Waals surface area contributed by atoms with Gasteiger partial charge in [-0.15, -0.1) is 0 Å². The van der Waals surface area contributed by atoms with Crippen molar-refractivity contribution in [2.24, 2.45) is 5.92 Å². The van der Waals surface area contributed by atoms with Gasteiger partial charge in [0.05, 0.1) is 36.5 Å². The van der Waals surface area contributed by atoms with Gasteiger partial charge in [0.1, 0.15) is 0 Å². The average Bonchev–Trinajstić information content (AvgIpc) is 2.60. The predicted molar refractivity (Wildman–Crippen MR) is 107 cm³/mol. The van der Waals surface area contributed by atoms with Crippen LogP contribution in [0.2, 0.25) is 5.02 Å². The monoisotopic (exact) mass is 410 g/mol. The number of carbonyl (C=O) groups excluding carboxylic acids is 2. The average molecular weight is 411 g/mol. The number of methoxy groups -OCH3 is 1. The van der Waals surface area contributed by atoms with Crippen LogP contribution >= 0.6 is 11.6 Å². The standard InChI is InChI=1S/C20H27ClN2O5/c1-7-27-14-9-12(8-13(21)18(14)26-6)17-15(19(24)28-11(4)5)16(10(2)3)22-20(25)23-17/h8-11,17H,7H2,1-6H3,(H2,22,23,25). The second-order valence-corrected chi connectivity index (χ2v) is 7.34. The fourth-order valence-electron chi connectivity index (χ4n) is 3.01. The number of benzene rings is 1. The highest BCUT2D eigenvalue weighted by molar-refractivity contribution is 6.32. The fraction of sp³-hybridized carbons (Fsp3) is 0.500. The molecule has 1 aromatic rings. The summed E-state index contributed by atoms with van der Waals surface area (Å²) in [5.41, 5.74) is 1.45. The van der Waals surface area contributed by atoms with E-state index >= 15 is 0 Å². The van der Waals surface area contributed by atoms with Crippen LogP contribution in [-0.4, -0.2) is 31.8 Å². The minimum atomic E-state index is -0.736. The number of urea groups is 1. The quantitative estimate of drug-likeness (QED) is 0.664. The number of hydrogen-bond donors (Lipinski definition) is 2. The van der Waals surface area contributed by atoms with E-state index in [9.17, 15) is 9.59 Å². The van der Waals surface area contributed by atoms with Crippen LogP contribution in [0.15, 0.2) is 23.4 Å². The van der Waals surface area contributed by atoms with E-state index in [0.29, 0.717) is 40.0 Å². The molecule has 7 nitrogen and oxygen atoms in total. The summed E-state index contributed by atoms with van der Waals surface area (Å²) >= 11 is 6.37. The molecule has 1 atom stereocenters. The molecule has 1 aliphatic heterocycles. The van der Waals surface area contributed by atoms with Gasteiger partial charge in [-0.05, 0) is 44.4 Å². The van der Waals surface area contributed by atoms with Crippen LogP contribution in [0.4, 0.5) is 4.79 Å². The third-order valence-electron chi connectivity index (χ3n) is 4.11. The van der Waals surface area contributed by atoms with E-state index in [4.69, 9.17) is 25.8 Å². The summed E-state index contributed by atoms with van der Waals surface area (Å²) in [6.45, 7) is 9.59. The van der Waals surface area contributed by atoms with Crippen LogP contribution in [0.25, 0.3) is 0 Å². The zero-order valence-corrected chi connectivity index (χ0v) is 17.8. The lowest BCUT2D eigenvalue weighted by molar-refractivity contribution is -0.143. The lowest BCUT2D eigenvalue weighted by Gasteiger charge is -2.31. The first-order valence-corrected chi connectivity index (χ1v) is 9.60. The summed E-state index contributed by atoms with van der Waals surface area (Å²) in [5, 5.41) is 5.85.